The maximum Gasteiger partial charge on any atom is 0.490 e. The average molecular weight is 816 g/mol. The fourth-order valence-corrected chi connectivity index (χ4v) is 9.33. The number of aryl methyl sites for hydroxylation is 2. The molecule has 292 valence electrons. The van der Waals surface area contributed by atoms with Gasteiger partial charge in [-0.25, -0.2) is 28.2 Å². The molecule has 2 aliphatic rings. The number of phosphoric ester groups is 2. The normalized spacial score (nSPS) is 29.8. The second-order valence-corrected chi connectivity index (χ2v) is 16.3. The number of fused-ring (bicyclic) bond motifs is 2. The first-order valence-electron chi connectivity index (χ1n) is 15.0. The van der Waals surface area contributed by atoms with Gasteiger partial charge in [0.25, 0.3) is 16.7 Å². The van der Waals surface area contributed by atoms with Gasteiger partial charge in [-0.05, 0) is 6.92 Å². The van der Waals surface area contributed by atoms with Crippen molar-refractivity contribution in [1.82, 2.24) is 34.1 Å². The minimum atomic E-state index is -5.97. The van der Waals surface area contributed by atoms with E-state index < -0.39 is 96.9 Å². The van der Waals surface area contributed by atoms with Gasteiger partial charge < -0.3 is 54.9 Å². The second-order valence-electron chi connectivity index (χ2n) is 11.7. The average Bonchev–Trinajstić information content (AvgIpc) is 3.76. The van der Waals surface area contributed by atoms with E-state index in [0.717, 1.165) is 10.9 Å². The number of hydrogen-bond acceptors (Lipinski definition) is 19. The molecule has 27 nitrogen and oxygen atoms in total. The van der Waals surface area contributed by atoms with Gasteiger partial charge in [0.2, 0.25) is 18.5 Å². The number of aliphatic hydroxyl groups excluding tert-OH is 3. The largest absolute Gasteiger partial charge is 0.490 e. The van der Waals surface area contributed by atoms with Crippen LogP contribution < -0.4 is 21.4 Å². The van der Waals surface area contributed by atoms with Crippen LogP contribution in [0.25, 0.3) is 22.3 Å². The molecule has 11 atom stereocenters. The predicted octanol–water partition coefficient (Wildman–Crippen LogP) is -3.17. The van der Waals surface area contributed by atoms with E-state index in [1.807, 2.05) is 0 Å². The molecular formula is C23H33N9O18P3+. The van der Waals surface area contributed by atoms with E-state index in [-0.39, 0.29) is 34.1 Å². The van der Waals surface area contributed by atoms with Gasteiger partial charge in [-0.1, -0.05) is 0 Å². The number of H-pyrrole nitrogens is 2. The second kappa shape index (κ2) is 14.4. The van der Waals surface area contributed by atoms with Crippen molar-refractivity contribution < 1.29 is 80.1 Å². The van der Waals surface area contributed by atoms with Crippen LogP contribution in [0.2, 0.25) is 0 Å². The third kappa shape index (κ3) is 7.92. The highest BCUT2D eigenvalue weighted by Gasteiger charge is 2.51. The molecule has 53 heavy (non-hydrogen) atoms. The number of nitrogens with zero attached hydrogens (tertiary/aromatic N) is 6. The van der Waals surface area contributed by atoms with Gasteiger partial charge in [-0.2, -0.15) is 18.2 Å². The SMILES string of the molecule is CO[C@@H]1C(O)[C@H](n2c[n+](C)c3c(=O)[nH]c(N)nc32)O[C@@H]1COP(=O)(O)OP(=O)(O)OP(=O)(O)OC[C@H]1O[C@@H](n2cnc3c(=O)[nH]c(C)nc32)C(O)[C@H]1O. The zero-order valence-corrected chi connectivity index (χ0v) is 30.1. The van der Waals surface area contributed by atoms with E-state index in [9.17, 15) is 53.3 Å². The molecule has 2 saturated heterocycles. The summed E-state index contributed by atoms with van der Waals surface area (Å²) < 4.78 is 75.5. The van der Waals surface area contributed by atoms with E-state index >= 15 is 0 Å². The fraction of sp³-hybridized carbons (Fsp3) is 0.565. The number of anilines is 1. The lowest BCUT2D eigenvalue weighted by Gasteiger charge is -2.21. The Morgan fingerprint density at radius 2 is 1.47 bits per heavy atom. The number of ether oxygens (including phenoxy) is 3. The van der Waals surface area contributed by atoms with Crippen LogP contribution in [0, 0.1) is 6.92 Å². The Kier molecular flexibility index (Phi) is 10.7. The maximum absolute atomic E-state index is 12.6. The van der Waals surface area contributed by atoms with Gasteiger partial charge in [0, 0.05) is 7.11 Å². The van der Waals surface area contributed by atoms with Crippen LogP contribution in [-0.2, 0) is 52.6 Å². The van der Waals surface area contributed by atoms with Crippen molar-refractivity contribution in [3.63, 3.8) is 0 Å². The van der Waals surface area contributed by atoms with Crippen molar-refractivity contribution in [3.8, 4) is 0 Å². The lowest BCUT2D eigenvalue weighted by atomic mass is 10.1. The van der Waals surface area contributed by atoms with Crippen molar-refractivity contribution in [2.45, 2.75) is 56.0 Å². The zero-order valence-electron chi connectivity index (χ0n) is 27.4. The predicted molar refractivity (Wildman–Crippen MR) is 169 cm³/mol. The number of nitrogen functional groups attached to an aromatic ring is 1. The molecule has 2 aliphatic heterocycles. The highest BCUT2D eigenvalue weighted by Crippen LogP contribution is 2.67. The first-order chi connectivity index (χ1) is 24.7. The summed E-state index contributed by atoms with van der Waals surface area (Å²) in [5.74, 6) is -0.0452. The summed E-state index contributed by atoms with van der Waals surface area (Å²) in [6, 6.07) is 0. The van der Waals surface area contributed by atoms with Crippen LogP contribution >= 0.6 is 23.5 Å². The Morgan fingerprint density at radius 3 is 2.11 bits per heavy atom. The van der Waals surface area contributed by atoms with Gasteiger partial charge in [0.15, 0.2) is 17.4 Å². The summed E-state index contributed by atoms with van der Waals surface area (Å²) in [7, 11) is -14.6. The van der Waals surface area contributed by atoms with Gasteiger partial charge in [0.05, 0.1) is 26.6 Å². The molecular weight excluding hydrogens is 783 g/mol. The minimum Gasteiger partial charge on any atom is -0.387 e. The lowest BCUT2D eigenvalue weighted by Crippen LogP contribution is -2.35. The van der Waals surface area contributed by atoms with Crippen molar-refractivity contribution in [2.24, 2.45) is 7.05 Å². The Bertz CT molecular complexity index is 2300. The van der Waals surface area contributed by atoms with Crippen LogP contribution in [0.4, 0.5) is 5.95 Å². The number of rotatable bonds is 13. The van der Waals surface area contributed by atoms with Crippen LogP contribution in [-0.4, -0.2) is 121 Å². The maximum atomic E-state index is 12.6. The van der Waals surface area contributed by atoms with Gasteiger partial charge >= 0.3 is 29.0 Å². The molecule has 6 heterocycles. The molecule has 5 unspecified atom stereocenters. The first kappa shape index (κ1) is 39.4. The Hall–Kier alpha value is -3.33. The number of methoxy groups -OCH3 is 1. The number of imidazole rings is 2. The zero-order chi connectivity index (χ0) is 38.8. The topological polar surface area (TPSA) is 381 Å². The van der Waals surface area contributed by atoms with Gasteiger partial charge in [0.1, 0.15) is 42.4 Å². The molecule has 2 fully saturated rings. The number of aliphatic hydroxyl groups is 3. The standard InChI is InChI=1S/C23H32N9O18P3/c1-8-26-17-11(19(36)27-8)25-6-31(17)21-14(34)13(33)9(47-21)4-45-51(38,39)49-53(42,43)50-52(40,41)46-5-10-16(44-3)15(35)22(48-10)32-7-30(2)12-18(32)28-23(24)29-20(12)37/h6-7,9-10,13-16,21-22,33-35H,4-5H2,1-3H3,(H6-,24,26,27,28,29,36,37,38,39,40,41,42,43)/p+1/t9-,10-,13+,14?,15?,16+,21-,22-/m1/s1. The summed E-state index contributed by atoms with van der Waals surface area (Å²) in [6.45, 7) is -0.513. The molecule has 6 rings (SSSR count). The summed E-state index contributed by atoms with van der Waals surface area (Å²) in [5.41, 5.74) is 4.39. The molecule has 0 radical (unpaired) electrons. The number of aromatic nitrogens is 8. The number of hydrogen-bond donors (Lipinski definition) is 9. The van der Waals surface area contributed by atoms with Crippen LogP contribution in [0.1, 0.15) is 18.3 Å². The summed E-state index contributed by atoms with van der Waals surface area (Å²) in [6.07, 6.45) is -9.50. The number of aromatic amines is 2. The molecule has 4 aromatic rings. The molecule has 30 heteroatoms. The number of nitrogens with two attached hydrogens (primary N) is 1. The van der Waals surface area contributed by atoms with E-state index in [1.165, 1.54) is 36.5 Å². The van der Waals surface area contributed by atoms with E-state index in [0.29, 0.717) is 0 Å². The van der Waals surface area contributed by atoms with E-state index in [4.69, 9.17) is 24.5 Å². The van der Waals surface area contributed by atoms with Crippen molar-refractivity contribution >= 4 is 51.7 Å². The fourth-order valence-electron chi connectivity index (χ4n) is 5.81. The quantitative estimate of drug-likeness (QED) is 0.0475. The van der Waals surface area contributed by atoms with E-state index in [2.05, 4.69) is 38.1 Å². The Labute approximate surface area is 294 Å². The molecule has 0 aliphatic carbocycles. The third-order valence-electron chi connectivity index (χ3n) is 8.02. The third-order valence-corrected chi connectivity index (χ3v) is 12.3. The summed E-state index contributed by atoms with van der Waals surface area (Å²) in [5, 5.41) is 32.0. The molecule has 0 bridgehead atoms. The Morgan fingerprint density at radius 1 is 0.868 bits per heavy atom. The van der Waals surface area contributed by atoms with Crippen molar-refractivity contribution in [2.75, 3.05) is 26.1 Å². The molecule has 0 spiro atoms. The Balaban J connectivity index is 1.06. The highest BCUT2D eigenvalue weighted by molar-refractivity contribution is 7.66. The number of nitrogens with one attached hydrogen (secondary N) is 2. The van der Waals surface area contributed by atoms with Gasteiger partial charge in [-0.3, -0.25) is 28.2 Å². The lowest BCUT2D eigenvalue weighted by molar-refractivity contribution is -0.646. The monoisotopic (exact) mass is 816 g/mol. The summed E-state index contributed by atoms with van der Waals surface area (Å²) >= 11 is 0. The van der Waals surface area contributed by atoms with Gasteiger partial charge in [-0.15, -0.1) is 0 Å². The molecule has 0 aromatic carbocycles. The molecule has 10 N–H and O–H groups in total. The van der Waals surface area contributed by atoms with Crippen LogP contribution in [0.5, 0.6) is 0 Å². The number of phosphoric acid groups is 3. The van der Waals surface area contributed by atoms with Crippen LogP contribution in [0.3, 0.4) is 0 Å². The molecule has 0 saturated carbocycles. The first-order valence-corrected chi connectivity index (χ1v) is 19.5. The van der Waals surface area contributed by atoms with Crippen LogP contribution in [0.15, 0.2) is 22.2 Å². The summed E-state index contributed by atoms with van der Waals surface area (Å²) in [4.78, 5) is 71.7. The van der Waals surface area contributed by atoms with Crippen molar-refractivity contribution in [3.05, 3.63) is 39.2 Å². The van der Waals surface area contributed by atoms with Crippen molar-refractivity contribution in [1.29, 1.82) is 0 Å². The molecule has 0 amide bonds. The minimum absolute atomic E-state index is 0.00129. The van der Waals surface area contributed by atoms with E-state index in [1.54, 1.807) is 0 Å². The smallest absolute Gasteiger partial charge is 0.387 e. The highest BCUT2D eigenvalue weighted by atomic mass is 31.3. The molecule has 4 aromatic heterocycles.